The number of hydrogen-bond donors (Lipinski definition) is 0. The highest BCUT2D eigenvalue weighted by molar-refractivity contribution is 7.99. The van der Waals surface area contributed by atoms with Crippen molar-refractivity contribution >= 4 is 29.1 Å². The summed E-state index contributed by atoms with van der Waals surface area (Å²) in [4.78, 5) is 13.6. The topological polar surface area (TPSA) is 47.8 Å². The highest BCUT2D eigenvalue weighted by Gasteiger charge is 2.54. The Labute approximate surface area is 204 Å². The molecule has 0 atom stereocenters. The zero-order chi connectivity index (χ0) is 22.6. The number of nitrogens with zero attached hydrogens (tertiary/aromatic N) is 3. The molecule has 7 rings (SSSR count). The van der Waals surface area contributed by atoms with Gasteiger partial charge < -0.3 is 0 Å². The van der Waals surface area contributed by atoms with E-state index in [0.717, 1.165) is 64.8 Å². The number of aromatic nitrogens is 3. The Morgan fingerprint density at radius 3 is 2.27 bits per heavy atom. The van der Waals surface area contributed by atoms with Crippen LogP contribution in [-0.4, -0.2) is 26.3 Å². The van der Waals surface area contributed by atoms with Crippen LogP contribution in [0.3, 0.4) is 0 Å². The molecule has 33 heavy (non-hydrogen) atoms. The largest absolute Gasteiger partial charge is 0.298 e. The molecular formula is C27H28ClN3OS. The van der Waals surface area contributed by atoms with Gasteiger partial charge in [0.05, 0.1) is 11.4 Å². The molecular weight excluding hydrogens is 450 g/mol. The van der Waals surface area contributed by atoms with Crippen molar-refractivity contribution in [3.8, 4) is 17.1 Å². The lowest BCUT2D eigenvalue weighted by atomic mass is 9.48. The zero-order valence-electron chi connectivity index (χ0n) is 18.8. The maximum atomic E-state index is 13.6. The van der Waals surface area contributed by atoms with Crippen molar-refractivity contribution in [3.63, 3.8) is 0 Å². The fourth-order valence-electron chi connectivity index (χ4n) is 6.92. The summed E-state index contributed by atoms with van der Waals surface area (Å²) in [6, 6.07) is 15.9. The second-order valence-electron chi connectivity index (χ2n) is 10.3. The monoisotopic (exact) mass is 477 g/mol. The molecule has 0 radical (unpaired) electrons. The number of halogens is 1. The van der Waals surface area contributed by atoms with Crippen LogP contribution >= 0.6 is 23.4 Å². The molecule has 1 heterocycles. The molecule has 170 valence electrons. The van der Waals surface area contributed by atoms with E-state index in [0.29, 0.717) is 16.6 Å². The van der Waals surface area contributed by atoms with E-state index in [1.807, 2.05) is 36.4 Å². The van der Waals surface area contributed by atoms with Gasteiger partial charge in [-0.05, 0) is 99.1 Å². The molecule has 0 amide bonds. The van der Waals surface area contributed by atoms with E-state index in [1.54, 1.807) is 11.8 Å². The Balaban J connectivity index is 1.31. The smallest absolute Gasteiger partial charge is 0.196 e. The molecule has 4 fully saturated rings. The molecule has 4 nitrogen and oxygen atoms in total. The first-order valence-corrected chi connectivity index (χ1v) is 13.3. The highest BCUT2D eigenvalue weighted by Crippen LogP contribution is 2.60. The summed E-state index contributed by atoms with van der Waals surface area (Å²) >= 11 is 7.66. The van der Waals surface area contributed by atoms with Crippen LogP contribution in [0.5, 0.6) is 0 Å². The van der Waals surface area contributed by atoms with Crippen LogP contribution in [0.15, 0.2) is 53.7 Å². The van der Waals surface area contributed by atoms with E-state index in [4.69, 9.17) is 11.6 Å². The maximum Gasteiger partial charge on any atom is 0.196 e. The van der Waals surface area contributed by atoms with Gasteiger partial charge in [0.1, 0.15) is 5.78 Å². The average Bonchev–Trinajstić information content (AvgIpc) is 3.21. The minimum atomic E-state index is -0.0751. The van der Waals surface area contributed by atoms with Gasteiger partial charge in [-0.15, -0.1) is 10.2 Å². The minimum Gasteiger partial charge on any atom is -0.298 e. The van der Waals surface area contributed by atoms with E-state index in [1.165, 1.54) is 19.3 Å². The molecule has 4 bridgehead atoms. The van der Waals surface area contributed by atoms with Gasteiger partial charge in [-0.2, -0.15) is 0 Å². The Morgan fingerprint density at radius 2 is 1.64 bits per heavy atom. The molecule has 0 spiro atoms. The predicted octanol–water partition coefficient (Wildman–Crippen LogP) is 6.77. The van der Waals surface area contributed by atoms with Crippen molar-refractivity contribution in [1.82, 2.24) is 14.8 Å². The van der Waals surface area contributed by atoms with E-state index >= 15 is 0 Å². The van der Waals surface area contributed by atoms with Crippen molar-refractivity contribution in [1.29, 1.82) is 0 Å². The number of hydrogen-bond acceptors (Lipinski definition) is 4. The first-order chi connectivity index (χ1) is 16.0. The van der Waals surface area contributed by atoms with Gasteiger partial charge in [-0.1, -0.05) is 41.6 Å². The average molecular weight is 478 g/mol. The van der Waals surface area contributed by atoms with Crippen molar-refractivity contribution in [2.45, 2.75) is 50.6 Å². The SMILES string of the molecule is Cc1ccccc1-n1c(SCC(=O)C23CC4CC(CC(C4)C2)C3)nnc1-c1ccc(Cl)cc1. The van der Waals surface area contributed by atoms with E-state index < -0.39 is 0 Å². The Kier molecular flexibility index (Phi) is 5.38. The van der Waals surface area contributed by atoms with Crippen LogP contribution in [0.2, 0.25) is 5.02 Å². The zero-order valence-corrected chi connectivity index (χ0v) is 20.4. The lowest BCUT2D eigenvalue weighted by Gasteiger charge is -2.56. The van der Waals surface area contributed by atoms with Gasteiger partial charge in [-0.3, -0.25) is 9.36 Å². The molecule has 0 N–H and O–H groups in total. The first kappa shape index (κ1) is 21.4. The molecule has 1 aromatic heterocycles. The summed E-state index contributed by atoms with van der Waals surface area (Å²) in [5.41, 5.74) is 3.06. The van der Waals surface area contributed by atoms with Gasteiger partial charge in [0.15, 0.2) is 11.0 Å². The van der Waals surface area contributed by atoms with Crippen LogP contribution in [-0.2, 0) is 4.79 Å². The standard InChI is InChI=1S/C27H28ClN3OS/c1-17-4-2-3-5-23(17)31-25(21-6-8-22(28)9-7-21)29-30-26(31)33-16-24(32)27-13-18-10-19(14-27)12-20(11-18)15-27/h2-9,18-20H,10-16H2,1H3. The second kappa shape index (κ2) is 8.28. The predicted molar refractivity (Wildman–Crippen MR) is 133 cm³/mol. The molecule has 2 aromatic carbocycles. The number of Topliss-reactive ketones (excluding diaryl/α,β-unsaturated/α-hetero) is 1. The summed E-state index contributed by atoms with van der Waals surface area (Å²) in [5, 5.41) is 10.5. The summed E-state index contributed by atoms with van der Waals surface area (Å²) in [6.07, 6.45) is 7.39. The summed E-state index contributed by atoms with van der Waals surface area (Å²) in [7, 11) is 0. The molecule has 0 saturated heterocycles. The van der Waals surface area contributed by atoms with Gasteiger partial charge in [0.2, 0.25) is 0 Å². The van der Waals surface area contributed by atoms with Gasteiger partial charge in [0, 0.05) is 16.0 Å². The number of para-hydroxylation sites is 1. The minimum absolute atomic E-state index is 0.0751. The number of rotatable bonds is 6. The number of ketones is 1. The molecule has 3 aromatic rings. The van der Waals surface area contributed by atoms with Crippen LogP contribution < -0.4 is 0 Å². The van der Waals surface area contributed by atoms with Crippen LogP contribution in [0.25, 0.3) is 17.1 Å². The van der Waals surface area contributed by atoms with E-state index in [9.17, 15) is 4.79 Å². The van der Waals surface area contributed by atoms with Gasteiger partial charge in [-0.25, -0.2) is 0 Å². The van der Waals surface area contributed by atoms with Crippen LogP contribution in [0.4, 0.5) is 0 Å². The Bertz CT molecular complexity index is 1170. The fraction of sp³-hybridized carbons (Fsp3) is 0.444. The number of thioether (sulfide) groups is 1. The molecule has 4 aliphatic carbocycles. The quantitative estimate of drug-likeness (QED) is 0.367. The van der Waals surface area contributed by atoms with Crippen molar-refractivity contribution < 1.29 is 4.79 Å². The van der Waals surface area contributed by atoms with Crippen molar-refractivity contribution in [2.24, 2.45) is 23.2 Å². The number of benzene rings is 2. The third-order valence-electron chi connectivity index (χ3n) is 8.05. The lowest BCUT2D eigenvalue weighted by Crippen LogP contribution is -2.50. The van der Waals surface area contributed by atoms with Gasteiger partial charge >= 0.3 is 0 Å². The van der Waals surface area contributed by atoms with Crippen LogP contribution in [0.1, 0.15) is 44.1 Å². The number of carbonyl (C=O) groups is 1. The molecule has 6 heteroatoms. The number of carbonyl (C=O) groups excluding carboxylic acids is 1. The van der Waals surface area contributed by atoms with E-state index in [2.05, 4.69) is 33.8 Å². The molecule has 0 unspecified atom stereocenters. The van der Waals surface area contributed by atoms with Crippen LogP contribution in [0, 0.1) is 30.1 Å². The molecule has 0 aliphatic heterocycles. The summed E-state index contributed by atoms with van der Waals surface area (Å²) in [5.74, 6) is 3.99. The first-order valence-electron chi connectivity index (χ1n) is 11.9. The Morgan fingerprint density at radius 1 is 1.00 bits per heavy atom. The second-order valence-corrected chi connectivity index (χ2v) is 11.7. The van der Waals surface area contributed by atoms with Crippen molar-refractivity contribution in [2.75, 3.05) is 5.75 Å². The Hall–Kier alpha value is -2.11. The third kappa shape index (κ3) is 3.83. The normalized spacial score (nSPS) is 27.8. The molecule has 4 aliphatic rings. The molecule has 4 saturated carbocycles. The van der Waals surface area contributed by atoms with Gasteiger partial charge in [0.25, 0.3) is 0 Å². The maximum absolute atomic E-state index is 13.6. The van der Waals surface area contributed by atoms with Crippen molar-refractivity contribution in [3.05, 3.63) is 59.1 Å². The third-order valence-corrected chi connectivity index (χ3v) is 9.24. The lowest BCUT2D eigenvalue weighted by molar-refractivity contribution is -0.141. The van der Waals surface area contributed by atoms with E-state index in [-0.39, 0.29) is 5.41 Å². The summed E-state index contributed by atoms with van der Waals surface area (Å²) < 4.78 is 2.09. The fourth-order valence-corrected chi connectivity index (χ4v) is 8.02. The number of aryl methyl sites for hydroxylation is 1. The summed E-state index contributed by atoms with van der Waals surface area (Å²) in [6.45, 7) is 2.09. The highest BCUT2D eigenvalue weighted by atomic mass is 35.5.